The van der Waals surface area contributed by atoms with E-state index in [0.29, 0.717) is 48.4 Å². The highest BCUT2D eigenvalue weighted by atomic mass is 32.2. The van der Waals surface area contributed by atoms with E-state index in [9.17, 15) is 32.7 Å². The number of rotatable bonds is 12. The van der Waals surface area contributed by atoms with Gasteiger partial charge in [0.05, 0.1) is 21.9 Å². The molecule has 272 valence electrons. The Bertz CT molecular complexity index is 2080. The molecule has 4 N–H and O–H groups in total. The number of sulfonamides is 1. The van der Waals surface area contributed by atoms with Gasteiger partial charge in [0.15, 0.2) is 0 Å². The smallest absolute Gasteiger partial charge is 0.335 e. The van der Waals surface area contributed by atoms with Gasteiger partial charge < -0.3 is 20.8 Å². The minimum absolute atomic E-state index is 0.0361. The largest absolute Gasteiger partial charge is 0.481 e. The van der Waals surface area contributed by atoms with Crippen LogP contribution < -0.4 is 10.6 Å². The van der Waals surface area contributed by atoms with Gasteiger partial charge in [0.1, 0.15) is 5.00 Å². The Morgan fingerprint density at radius 1 is 0.788 bits per heavy atom. The van der Waals surface area contributed by atoms with E-state index in [0.717, 1.165) is 53.7 Å². The van der Waals surface area contributed by atoms with E-state index >= 15 is 0 Å². The maximum Gasteiger partial charge on any atom is 0.335 e. The minimum atomic E-state index is -3.96. The molecule has 0 atom stereocenters. The second-order valence-corrected chi connectivity index (χ2v) is 16.5. The predicted octanol–water partition coefficient (Wildman–Crippen LogP) is 6.88. The summed E-state index contributed by atoms with van der Waals surface area (Å²) in [6.07, 6.45) is 6.59. The number of thiophene rings is 1. The van der Waals surface area contributed by atoms with Crippen LogP contribution in [-0.2, 0) is 40.5 Å². The molecule has 2 aliphatic rings. The number of anilines is 2. The van der Waals surface area contributed by atoms with Crippen molar-refractivity contribution in [3.05, 3.63) is 111 Å². The number of aliphatic carboxylic acids is 1. The highest BCUT2D eigenvalue weighted by Crippen LogP contribution is 2.39. The van der Waals surface area contributed by atoms with E-state index in [2.05, 4.69) is 10.6 Å². The number of aromatic carboxylic acids is 1. The third kappa shape index (κ3) is 8.27. The molecular weight excluding hydrogens is 703 g/mol. The maximum atomic E-state index is 13.8. The van der Waals surface area contributed by atoms with Crippen LogP contribution in [-0.4, -0.2) is 59.8 Å². The molecule has 2 amide bonds. The average molecular weight is 744 g/mol. The number of carbonyl (C=O) groups excluding carboxylic acids is 2. The van der Waals surface area contributed by atoms with Crippen molar-refractivity contribution in [3.63, 3.8) is 0 Å². The summed E-state index contributed by atoms with van der Waals surface area (Å²) in [5.41, 5.74) is 4.41. The van der Waals surface area contributed by atoms with Crippen LogP contribution in [0.4, 0.5) is 10.7 Å². The van der Waals surface area contributed by atoms with Crippen LogP contribution >= 0.6 is 11.3 Å². The van der Waals surface area contributed by atoms with E-state index in [1.165, 1.54) is 47.0 Å². The Kier molecular flexibility index (Phi) is 11.2. The highest BCUT2D eigenvalue weighted by molar-refractivity contribution is 7.89. The number of benzene rings is 3. The molecule has 1 heterocycles. The number of hydrogen-bond donors (Lipinski definition) is 4. The van der Waals surface area contributed by atoms with Crippen molar-refractivity contribution in [2.45, 2.75) is 75.1 Å². The Morgan fingerprint density at radius 3 is 2.06 bits per heavy atom. The molecule has 0 radical (unpaired) electrons. The average Bonchev–Trinajstić information content (AvgIpc) is 3.52. The molecule has 0 unspecified atom stereocenters. The van der Waals surface area contributed by atoms with Gasteiger partial charge >= 0.3 is 11.9 Å². The van der Waals surface area contributed by atoms with E-state index in [1.54, 1.807) is 12.1 Å². The molecular formula is C39H41N3O8S2. The third-order valence-electron chi connectivity index (χ3n) is 10.1. The van der Waals surface area contributed by atoms with Gasteiger partial charge in [-0.1, -0.05) is 30.3 Å². The van der Waals surface area contributed by atoms with Gasteiger partial charge in [-0.05, 0) is 123 Å². The van der Waals surface area contributed by atoms with Crippen LogP contribution in [0.25, 0.3) is 0 Å². The second kappa shape index (κ2) is 15.8. The fraction of sp³-hybridized carbons (Fsp3) is 0.333. The Labute approximate surface area is 306 Å². The first-order valence-electron chi connectivity index (χ1n) is 17.4. The third-order valence-corrected chi connectivity index (χ3v) is 13.2. The van der Waals surface area contributed by atoms with Crippen LogP contribution in [0.5, 0.6) is 0 Å². The topological polar surface area (TPSA) is 170 Å². The quantitative estimate of drug-likeness (QED) is 0.122. The van der Waals surface area contributed by atoms with E-state index in [1.807, 2.05) is 36.4 Å². The molecule has 2 aliphatic carbocycles. The molecule has 1 aromatic heterocycles. The van der Waals surface area contributed by atoms with Gasteiger partial charge in [0, 0.05) is 29.2 Å². The van der Waals surface area contributed by atoms with Crippen LogP contribution in [0, 0.1) is 5.92 Å². The van der Waals surface area contributed by atoms with Crippen molar-refractivity contribution in [2.75, 3.05) is 17.7 Å². The summed E-state index contributed by atoms with van der Waals surface area (Å²) in [5.74, 6) is -3.15. The summed E-state index contributed by atoms with van der Waals surface area (Å²) in [6.45, 7) is 0. The molecule has 11 nitrogen and oxygen atoms in total. The molecule has 0 bridgehead atoms. The predicted molar refractivity (Wildman–Crippen MR) is 199 cm³/mol. The molecule has 1 fully saturated rings. The van der Waals surface area contributed by atoms with Gasteiger partial charge in [0.2, 0.25) is 10.0 Å². The highest BCUT2D eigenvalue weighted by Gasteiger charge is 2.34. The molecule has 3 aromatic carbocycles. The zero-order chi connectivity index (χ0) is 37.0. The van der Waals surface area contributed by atoms with Crippen LogP contribution in [0.2, 0.25) is 0 Å². The zero-order valence-electron chi connectivity index (χ0n) is 28.8. The monoisotopic (exact) mass is 743 g/mol. The Morgan fingerprint density at radius 2 is 1.42 bits per heavy atom. The van der Waals surface area contributed by atoms with Gasteiger partial charge in [0.25, 0.3) is 11.8 Å². The number of nitrogens with zero attached hydrogens (tertiary/aromatic N) is 1. The van der Waals surface area contributed by atoms with Gasteiger partial charge in [-0.15, -0.1) is 11.3 Å². The number of aryl methyl sites for hydroxylation is 3. The van der Waals surface area contributed by atoms with Crippen molar-refractivity contribution < 1.29 is 37.8 Å². The number of carbonyl (C=O) groups is 4. The molecule has 52 heavy (non-hydrogen) atoms. The molecule has 0 spiro atoms. The zero-order valence-corrected chi connectivity index (χ0v) is 30.4. The lowest BCUT2D eigenvalue weighted by Crippen LogP contribution is -2.40. The van der Waals surface area contributed by atoms with Crippen molar-refractivity contribution in [1.29, 1.82) is 0 Å². The summed E-state index contributed by atoms with van der Waals surface area (Å²) in [4.78, 5) is 50.9. The molecule has 1 saturated carbocycles. The van der Waals surface area contributed by atoms with Crippen molar-refractivity contribution >= 4 is 55.8 Å². The SMILES string of the molecule is CN(C1CCC(C(=O)O)CC1)S(=O)(=O)c1cccc(C(=O)Nc2sc3c(c2C(=O)Nc2ccc(CCc4ccc(C(=O)O)cc4)cc2)CCCC3)c1. The summed E-state index contributed by atoms with van der Waals surface area (Å²) in [6, 6.07) is 19.8. The molecule has 0 saturated heterocycles. The molecule has 6 rings (SSSR count). The Hall–Kier alpha value is -4.85. The fourth-order valence-corrected chi connectivity index (χ4v) is 9.71. The lowest BCUT2D eigenvalue weighted by molar-refractivity contribution is -0.143. The number of carboxylic acids is 2. The van der Waals surface area contributed by atoms with E-state index in [-0.39, 0.29) is 28.0 Å². The first-order valence-corrected chi connectivity index (χ1v) is 19.7. The van der Waals surface area contributed by atoms with Gasteiger partial charge in [-0.2, -0.15) is 4.31 Å². The summed E-state index contributed by atoms with van der Waals surface area (Å²) < 4.78 is 28.5. The molecule has 13 heteroatoms. The normalized spacial score (nSPS) is 17.3. The number of amides is 2. The van der Waals surface area contributed by atoms with Gasteiger partial charge in [-0.3, -0.25) is 14.4 Å². The van der Waals surface area contributed by atoms with Crippen molar-refractivity contribution in [3.8, 4) is 0 Å². The molecule has 4 aromatic rings. The summed E-state index contributed by atoms with van der Waals surface area (Å²) in [7, 11) is -2.47. The lowest BCUT2D eigenvalue weighted by Gasteiger charge is -2.32. The van der Waals surface area contributed by atoms with Gasteiger partial charge in [-0.25, -0.2) is 13.2 Å². The first kappa shape index (κ1) is 36.9. The van der Waals surface area contributed by atoms with Crippen molar-refractivity contribution in [1.82, 2.24) is 4.31 Å². The fourth-order valence-electron chi connectivity index (χ4n) is 6.97. The Balaban J connectivity index is 1.14. The van der Waals surface area contributed by atoms with Crippen molar-refractivity contribution in [2.24, 2.45) is 5.92 Å². The molecule has 0 aliphatic heterocycles. The lowest BCUT2D eigenvalue weighted by atomic mass is 9.86. The van der Waals surface area contributed by atoms with Crippen LogP contribution in [0.1, 0.15) is 91.2 Å². The van der Waals surface area contributed by atoms with Crippen LogP contribution in [0.3, 0.4) is 0 Å². The minimum Gasteiger partial charge on any atom is -0.481 e. The number of fused-ring (bicyclic) bond motifs is 1. The van der Waals surface area contributed by atoms with Crippen LogP contribution in [0.15, 0.2) is 77.7 Å². The first-order chi connectivity index (χ1) is 24.9. The number of carboxylic acid groups (broad SMARTS) is 2. The maximum absolute atomic E-state index is 13.8. The number of nitrogens with one attached hydrogen (secondary N) is 2. The standard InChI is InChI=1S/C39H41N3O8S2/c1-42(30-21-17-27(18-22-30)39(47)48)52(49,50)31-6-4-5-28(23-31)35(43)41-37-34(32-7-2-3-8-33(32)51-37)36(44)40-29-19-13-25(14-20-29)10-9-24-11-15-26(16-12-24)38(45)46/h4-6,11-16,19-20,23,27,30H,2-3,7-10,17-18,21-22H2,1H3,(H,40,44)(H,41,43)(H,45,46)(H,47,48). The summed E-state index contributed by atoms with van der Waals surface area (Å²) in [5, 5.41) is 24.8. The van der Waals surface area contributed by atoms with E-state index < -0.39 is 33.8 Å². The second-order valence-electron chi connectivity index (χ2n) is 13.4. The summed E-state index contributed by atoms with van der Waals surface area (Å²) >= 11 is 1.38. The number of hydrogen-bond acceptors (Lipinski definition) is 7. The van der Waals surface area contributed by atoms with E-state index in [4.69, 9.17) is 5.11 Å².